The van der Waals surface area contributed by atoms with Gasteiger partial charge >= 0.3 is 4.87 Å². The van der Waals surface area contributed by atoms with E-state index in [1.165, 1.54) is 18.2 Å². The summed E-state index contributed by atoms with van der Waals surface area (Å²) in [4.78, 5) is 23.5. The number of benzene rings is 1. The van der Waals surface area contributed by atoms with Crippen LogP contribution < -0.4 is 10.2 Å². The van der Waals surface area contributed by atoms with Crippen LogP contribution in [0.5, 0.6) is 0 Å². The number of thiazole rings is 1. The molecule has 1 heterocycles. The SMILES string of the molecule is O=c1[nH]c(CNc2ccc([N+](=O)[O-])cc2Cl)cs1. The number of hydrogen-bond acceptors (Lipinski definition) is 5. The molecule has 0 radical (unpaired) electrons. The van der Waals surface area contributed by atoms with Gasteiger partial charge in [-0.2, -0.15) is 0 Å². The van der Waals surface area contributed by atoms with Gasteiger partial charge < -0.3 is 10.3 Å². The number of hydrogen-bond donors (Lipinski definition) is 2. The summed E-state index contributed by atoms with van der Waals surface area (Å²) in [5.41, 5.74) is 1.25. The normalized spacial score (nSPS) is 10.3. The van der Waals surface area contributed by atoms with Crippen LogP contribution in [0.2, 0.25) is 5.02 Å². The summed E-state index contributed by atoms with van der Waals surface area (Å²) in [5, 5.41) is 15.5. The molecule has 0 aliphatic rings. The van der Waals surface area contributed by atoms with Crippen molar-refractivity contribution in [1.82, 2.24) is 4.98 Å². The van der Waals surface area contributed by atoms with Gasteiger partial charge in [-0.05, 0) is 6.07 Å². The number of halogens is 1. The van der Waals surface area contributed by atoms with Gasteiger partial charge in [0.15, 0.2) is 0 Å². The lowest BCUT2D eigenvalue weighted by Gasteiger charge is -2.06. The number of aromatic amines is 1. The van der Waals surface area contributed by atoms with Crippen LogP contribution in [-0.4, -0.2) is 9.91 Å². The summed E-state index contributed by atoms with van der Waals surface area (Å²) >= 11 is 6.99. The Hall–Kier alpha value is -1.86. The number of nitrogens with zero attached hydrogens (tertiary/aromatic N) is 1. The zero-order valence-corrected chi connectivity index (χ0v) is 10.5. The van der Waals surface area contributed by atoms with E-state index in [-0.39, 0.29) is 15.6 Å². The lowest BCUT2D eigenvalue weighted by molar-refractivity contribution is -0.384. The van der Waals surface area contributed by atoms with Crippen molar-refractivity contribution in [3.8, 4) is 0 Å². The number of aromatic nitrogens is 1. The Morgan fingerprint density at radius 3 is 2.83 bits per heavy atom. The highest BCUT2D eigenvalue weighted by atomic mass is 35.5. The fourth-order valence-electron chi connectivity index (χ4n) is 1.35. The van der Waals surface area contributed by atoms with Gasteiger partial charge in [-0.15, -0.1) is 0 Å². The molecule has 0 atom stereocenters. The Kier molecular flexibility index (Phi) is 3.63. The fourth-order valence-corrected chi connectivity index (χ4v) is 2.18. The van der Waals surface area contributed by atoms with E-state index in [2.05, 4.69) is 10.3 Å². The molecule has 2 rings (SSSR count). The van der Waals surface area contributed by atoms with Crippen molar-refractivity contribution >= 4 is 34.3 Å². The molecular formula is C10H8ClN3O3S. The van der Waals surface area contributed by atoms with E-state index in [0.717, 1.165) is 17.0 Å². The molecule has 1 aromatic heterocycles. The molecule has 94 valence electrons. The topological polar surface area (TPSA) is 88.0 Å². The van der Waals surface area contributed by atoms with Gasteiger partial charge in [-0.25, -0.2) is 0 Å². The lowest BCUT2D eigenvalue weighted by atomic mass is 10.3. The van der Waals surface area contributed by atoms with Crippen molar-refractivity contribution in [2.75, 3.05) is 5.32 Å². The number of nitro benzene ring substituents is 1. The summed E-state index contributed by atoms with van der Waals surface area (Å²) in [6.07, 6.45) is 0. The summed E-state index contributed by atoms with van der Waals surface area (Å²) in [6.45, 7) is 0.399. The van der Waals surface area contributed by atoms with Gasteiger partial charge in [0.05, 0.1) is 22.2 Å². The second-order valence-electron chi connectivity index (χ2n) is 3.45. The van der Waals surface area contributed by atoms with Crippen LogP contribution >= 0.6 is 22.9 Å². The number of non-ortho nitro benzene ring substituents is 1. The van der Waals surface area contributed by atoms with Crippen LogP contribution in [-0.2, 0) is 6.54 Å². The quantitative estimate of drug-likeness (QED) is 0.667. The van der Waals surface area contributed by atoms with Crippen LogP contribution in [0.1, 0.15) is 5.69 Å². The summed E-state index contributed by atoms with van der Waals surface area (Å²) < 4.78 is 0. The van der Waals surface area contributed by atoms with Crippen molar-refractivity contribution in [2.24, 2.45) is 0 Å². The molecule has 18 heavy (non-hydrogen) atoms. The van der Waals surface area contributed by atoms with Gasteiger partial charge in [0.1, 0.15) is 0 Å². The van der Waals surface area contributed by atoms with Crippen LogP contribution in [0.25, 0.3) is 0 Å². The molecule has 8 heteroatoms. The van der Waals surface area contributed by atoms with Crippen LogP contribution in [0.3, 0.4) is 0 Å². The Morgan fingerprint density at radius 1 is 1.50 bits per heavy atom. The number of H-pyrrole nitrogens is 1. The maximum absolute atomic E-state index is 10.9. The predicted molar refractivity (Wildman–Crippen MR) is 70.4 cm³/mol. The first-order chi connectivity index (χ1) is 8.56. The Balaban J connectivity index is 2.10. The maximum Gasteiger partial charge on any atom is 0.304 e. The van der Waals surface area contributed by atoms with E-state index in [4.69, 9.17) is 11.6 Å². The van der Waals surface area contributed by atoms with Crippen molar-refractivity contribution < 1.29 is 4.92 Å². The summed E-state index contributed by atoms with van der Waals surface area (Å²) in [7, 11) is 0. The van der Waals surface area contributed by atoms with Gasteiger partial charge in [-0.1, -0.05) is 22.9 Å². The molecule has 0 spiro atoms. The third-order valence-corrected chi connectivity index (χ3v) is 3.23. The van der Waals surface area contributed by atoms with E-state index in [1.54, 1.807) is 5.38 Å². The van der Waals surface area contributed by atoms with E-state index in [1.807, 2.05) is 0 Å². The largest absolute Gasteiger partial charge is 0.378 e. The second-order valence-corrected chi connectivity index (χ2v) is 4.70. The maximum atomic E-state index is 10.9. The second kappa shape index (κ2) is 5.19. The van der Waals surface area contributed by atoms with E-state index < -0.39 is 4.92 Å². The van der Waals surface area contributed by atoms with E-state index in [0.29, 0.717) is 12.2 Å². The summed E-state index contributed by atoms with van der Waals surface area (Å²) in [6, 6.07) is 4.18. The lowest BCUT2D eigenvalue weighted by Crippen LogP contribution is -2.03. The standard InChI is InChI=1S/C10H8ClN3O3S/c11-8-3-7(14(16)17)1-2-9(8)12-4-6-5-18-10(15)13-6/h1-3,5,12H,4H2,(H,13,15). The highest BCUT2D eigenvalue weighted by Crippen LogP contribution is 2.26. The van der Waals surface area contributed by atoms with Crippen LogP contribution in [0.4, 0.5) is 11.4 Å². The van der Waals surface area contributed by atoms with E-state index >= 15 is 0 Å². The first kappa shape index (κ1) is 12.6. The van der Waals surface area contributed by atoms with Crippen molar-refractivity contribution in [2.45, 2.75) is 6.54 Å². The molecule has 1 aromatic carbocycles. The third kappa shape index (κ3) is 2.88. The van der Waals surface area contributed by atoms with Gasteiger partial charge in [0.25, 0.3) is 5.69 Å². The van der Waals surface area contributed by atoms with Crippen molar-refractivity contribution in [3.63, 3.8) is 0 Å². The van der Waals surface area contributed by atoms with Crippen molar-refractivity contribution in [3.05, 3.63) is 54.1 Å². The minimum atomic E-state index is -0.508. The molecule has 0 fully saturated rings. The Labute approximate surface area is 110 Å². The molecule has 0 amide bonds. The zero-order chi connectivity index (χ0) is 13.1. The minimum absolute atomic E-state index is 0.0607. The van der Waals surface area contributed by atoms with Gasteiger partial charge in [0.2, 0.25) is 0 Å². The molecule has 0 unspecified atom stereocenters. The molecule has 0 aliphatic carbocycles. The molecular weight excluding hydrogens is 278 g/mol. The highest BCUT2D eigenvalue weighted by molar-refractivity contribution is 7.07. The Morgan fingerprint density at radius 2 is 2.28 bits per heavy atom. The van der Waals surface area contributed by atoms with Crippen LogP contribution in [0, 0.1) is 10.1 Å². The Bertz CT molecular complexity index is 637. The number of anilines is 1. The molecule has 0 saturated carbocycles. The monoisotopic (exact) mass is 285 g/mol. The minimum Gasteiger partial charge on any atom is -0.378 e. The highest BCUT2D eigenvalue weighted by Gasteiger charge is 2.09. The zero-order valence-electron chi connectivity index (χ0n) is 8.97. The molecule has 2 aromatic rings. The predicted octanol–water partition coefficient (Wildman–Crippen LogP) is 2.61. The average Bonchev–Trinajstić information content (AvgIpc) is 2.73. The summed E-state index contributed by atoms with van der Waals surface area (Å²) in [5.74, 6) is 0. The molecule has 6 nitrogen and oxygen atoms in total. The van der Waals surface area contributed by atoms with Crippen LogP contribution in [0.15, 0.2) is 28.4 Å². The molecule has 0 saturated heterocycles. The number of nitrogens with one attached hydrogen (secondary N) is 2. The van der Waals surface area contributed by atoms with Gasteiger partial charge in [0, 0.05) is 23.2 Å². The molecule has 2 N–H and O–H groups in total. The smallest absolute Gasteiger partial charge is 0.304 e. The van der Waals surface area contributed by atoms with E-state index in [9.17, 15) is 14.9 Å². The molecule has 0 aliphatic heterocycles. The van der Waals surface area contributed by atoms with Gasteiger partial charge in [-0.3, -0.25) is 14.9 Å². The number of nitro groups is 1. The first-order valence-corrected chi connectivity index (χ1v) is 6.16. The van der Waals surface area contributed by atoms with Crippen molar-refractivity contribution in [1.29, 1.82) is 0 Å². The average molecular weight is 286 g/mol. The first-order valence-electron chi connectivity index (χ1n) is 4.91. The number of rotatable bonds is 4. The fraction of sp³-hybridized carbons (Fsp3) is 0.100. The third-order valence-electron chi connectivity index (χ3n) is 2.20. The molecule has 0 bridgehead atoms.